The number of hydrogen-bond acceptors (Lipinski definition) is 7. The Kier molecular flexibility index (Phi) is 2.96. The van der Waals surface area contributed by atoms with E-state index in [4.69, 9.17) is 18.9 Å². The molecule has 3 N–H and O–H groups in total. The number of carbonyl (C=O) groups is 1. The number of ether oxygens (including phenoxy) is 3. The summed E-state index contributed by atoms with van der Waals surface area (Å²) in [7, 11) is 0. The molecule has 3 rings (SSSR count). The highest BCUT2D eigenvalue weighted by Gasteiger charge is 2.35. The van der Waals surface area contributed by atoms with E-state index in [1.807, 2.05) is 0 Å². The number of carboxylic acid groups (broad SMARTS) is 1. The van der Waals surface area contributed by atoms with E-state index in [-0.39, 0.29) is 28.9 Å². The Labute approximate surface area is 113 Å². The van der Waals surface area contributed by atoms with Crippen molar-refractivity contribution < 1.29 is 38.8 Å². The van der Waals surface area contributed by atoms with E-state index < -0.39 is 19.2 Å². The van der Waals surface area contributed by atoms with Crippen molar-refractivity contribution in [1.29, 1.82) is 0 Å². The Morgan fingerprint density at radius 1 is 1.35 bits per heavy atom. The van der Waals surface area contributed by atoms with E-state index in [1.54, 1.807) is 0 Å². The summed E-state index contributed by atoms with van der Waals surface area (Å²) in [4.78, 5) is 11.4. The van der Waals surface area contributed by atoms with Gasteiger partial charge in [0.1, 0.15) is 23.2 Å². The van der Waals surface area contributed by atoms with Crippen LogP contribution >= 0.6 is 0 Å². The van der Waals surface area contributed by atoms with Crippen LogP contribution < -0.4 is 14.1 Å². The summed E-state index contributed by atoms with van der Waals surface area (Å²) in [6.07, 6.45) is -0.228. The van der Waals surface area contributed by atoms with Gasteiger partial charge in [-0.15, -0.1) is 0 Å². The lowest BCUT2D eigenvalue weighted by Crippen LogP contribution is -2.51. The molecule has 8 nitrogen and oxygen atoms in total. The average molecular weight is 283 g/mol. The number of fused-ring (bicyclic) bond motifs is 1. The Bertz CT molecular complexity index is 554. The fourth-order valence-electron chi connectivity index (χ4n) is 1.96. The van der Waals surface area contributed by atoms with E-state index in [9.17, 15) is 19.9 Å². The first-order chi connectivity index (χ1) is 9.46. The fourth-order valence-corrected chi connectivity index (χ4v) is 1.96. The van der Waals surface area contributed by atoms with E-state index >= 15 is 0 Å². The molecule has 0 radical (unpaired) electrons. The summed E-state index contributed by atoms with van der Waals surface area (Å²) in [5.41, 5.74) is -0.302. The lowest BCUT2D eigenvalue weighted by molar-refractivity contribution is -0.0800. The molecular weight excluding hydrogens is 271 g/mol. The van der Waals surface area contributed by atoms with Crippen molar-refractivity contribution in [3.05, 3.63) is 17.7 Å². The molecule has 1 aromatic carbocycles. The van der Waals surface area contributed by atoms with Gasteiger partial charge in [0.2, 0.25) is 0 Å². The molecule has 1 fully saturated rings. The van der Waals surface area contributed by atoms with Crippen LogP contribution in [0.15, 0.2) is 12.1 Å². The second kappa shape index (κ2) is 4.55. The molecule has 0 aliphatic carbocycles. The minimum absolute atomic E-state index is 0.0710. The summed E-state index contributed by atoms with van der Waals surface area (Å²) < 4.78 is 20.5. The number of benzene rings is 1. The second-order valence-corrected chi connectivity index (χ2v) is 4.64. The van der Waals surface area contributed by atoms with Crippen LogP contribution in [0.4, 0.5) is 0 Å². The number of aromatic carboxylic acids is 1. The molecule has 0 saturated carbocycles. The molecule has 0 spiro atoms. The molecule has 2 aliphatic heterocycles. The minimum Gasteiger partial charge on any atom is -0.665 e. The predicted molar refractivity (Wildman–Crippen MR) is 65.0 cm³/mol. The normalized spacial score (nSPS) is 20.1. The Morgan fingerprint density at radius 2 is 2.10 bits per heavy atom. The topological polar surface area (TPSA) is 115 Å². The second-order valence-electron chi connectivity index (χ2n) is 4.64. The van der Waals surface area contributed by atoms with Crippen LogP contribution in [0, 0.1) is 0 Å². The molecule has 0 atom stereocenters. The van der Waals surface area contributed by atoms with E-state index in [2.05, 4.69) is 0 Å². The van der Waals surface area contributed by atoms with Crippen LogP contribution in [-0.2, 0) is 4.74 Å². The number of rotatable bonds is 3. The molecule has 0 aromatic heterocycles. The molecule has 0 unspecified atom stereocenters. The van der Waals surface area contributed by atoms with Gasteiger partial charge in [-0.3, -0.25) is 0 Å². The van der Waals surface area contributed by atoms with Crippen molar-refractivity contribution in [3.8, 4) is 17.2 Å². The van der Waals surface area contributed by atoms with Gasteiger partial charge >= 0.3 is 12.7 Å². The summed E-state index contributed by atoms with van der Waals surface area (Å²) in [5, 5.41) is 28.2. The Hall–Kier alpha value is -1.97. The van der Waals surface area contributed by atoms with Gasteiger partial charge in [0.15, 0.2) is 5.75 Å². The van der Waals surface area contributed by atoms with Gasteiger partial charge in [-0.2, -0.15) is 0 Å². The molecule has 2 aliphatic rings. The smallest absolute Gasteiger partial charge is 0.467 e. The van der Waals surface area contributed by atoms with E-state index in [0.717, 1.165) is 0 Å². The minimum atomic E-state index is -3.23. The molecular formula is C11H12BO8-. The Balaban J connectivity index is 2.01. The molecule has 1 aromatic rings. The van der Waals surface area contributed by atoms with Crippen molar-refractivity contribution in [2.45, 2.75) is 6.10 Å². The van der Waals surface area contributed by atoms with Crippen LogP contribution in [0.5, 0.6) is 17.2 Å². The molecule has 0 bridgehead atoms. The van der Waals surface area contributed by atoms with E-state index in [0.29, 0.717) is 13.2 Å². The number of hydrogen-bond donors (Lipinski definition) is 3. The van der Waals surface area contributed by atoms with Crippen LogP contribution in [0.1, 0.15) is 10.4 Å². The van der Waals surface area contributed by atoms with Crippen LogP contribution in [-0.4, -0.2) is 53.7 Å². The highest BCUT2D eigenvalue weighted by molar-refractivity contribution is 6.58. The largest absolute Gasteiger partial charge is 0.665 e. The molecule has 1 saturated heterocycles. The average Bonchev–Trinajstić information content (AvgIpc) is 2.31. The molecule has 20 heavy (non-hydrogen) atoms. The van der Waals surface area contributed by atoms with Gasteiger partial charge < -0.3 is 34.0 Å². The first-order valence-corrected chi connectivity index (χ1v) is 6.03. The lowest BCUT2D eigenvalue weighted by Gasteiger charge is -2.37. The monoisotopic (exact) mass is 283 g/mol. The lowest BCUT2D eigenvalue weighted by atomic mass is 9.80. The molecule has 2 heterocycles. The van der Waals surface area contributed by atoms with Crippen molar-refractivity contribution in [2.75, 3.05) is 19.7 Å². The van der Waals surface area contributed by atoms with Gasteiger partial charge in [-0.25, -0.2) is 4.79 Å². The summed E-state index contributed by atoms with van der Waals surface area (Å²) in [6.45, 7) is -2.94. The first-order valence-electron chi connectivity index (χ1n) is 6.03. The fraction of sp³-hybridized carbons (Fsp3) is 0.364. The highest BCUT2D eigenvalue weighted by atomic mass is 16.7. The van der Waals surface area contributed by atoms with Crippen molar-refractivity contribution in [3.63, 3.8) is 0 Å². The summed E-state index contributed by atoms with van der Waals surface area (Å²) in [5.74, 6) is -1.36. The zero-order valence-electron chi connectivity index (χ0n) is 10.3. The van der Waals surface area contributed by atoms with Gasteiger partial charge in [-0.1, -0.05) is 0 Å². The third-order valence-corrected chi connectivity index (χ3v) is 2.96. The standard InChI is InChI=1S/C11H12BO8/c13-11(14)9-7(19-6-3-17-4-6)1-2-8-10(9)20-12(15,16)5-18-8/h1-2,6,15-16H,3-5H2,(H,13,14)/q-1. The maximum atomic E-state index is 11.4. The van der Waals surface area contributed by atoms with Crippen LogP contribution in [0.25, 0.3) is 0 Å². The quantitative estimate of drug-likeness (QED) is 0.630. The molecule has 0 amide bonds. The van der Waals surface area contributed by atoms with Gasteiger partial charge in [0, 0.05) is 0 Å². The van der Waals surface area contributed by atoms with Gasteiger partial charge in [-0.05, 0) is 12.1 Å². The third-order valence-electron chi connectivity index (χ3n) is 2.96. The van der Waals surface area contributed by atoms with Crippen molar-refractivity contribution in [1.82, 2.24) is 0 Å². The van der Waals surface area contributed by atoms with Gasteiger partial charge in [0.25, 0.3) is 0 Å². The SMILES string of the molecule is O=C(O)c1c(OC2COC2)ccc2c1O[B-](O)(O)CO2. The van der Waals surface area contributed by atoms with Crippen LogP contribution in [0.2, 0.25) is 0 Å². The predicted octanol–water partition coefficient (Wildman–Crippen LogP) is -0.604. The third kappa shape index (κ3) is 2.26. The maximum absolute atomic E-state index is 11.4. The van der Waals surface area contributed by atoms with Crippen molar-refractivity contribution in [2.24, 2.45) is 0 Å². The van der Waals surface area contributed by atoms with Crippen molar-refractivity contribution >= 4 is 12.7 Å². The van der Waals surface area contributed by atoms with Gasteiger partial charge in [0.05, 0.1) is 19.7 Å². The zero-order chi connectivity index (χ0) is 14.3. The summed E-state index contributed by atoms with van der Waals surface area (Å²) in [6, 6.07) is 2.90. The van der Waals surface area contributed by atoms with Crippen LogP contribution in [0.3, 0.4) is 0 Å². The number of carboxylic acids is 1. The summed E-state index contributed by atoms with van der Waals surface area (Å²) >= 11 is 0. The maximum Gasteiger partial charge on any atom is 0.467 e. The molecule has 9 heteroatoms. The first kappa shape index (κ1) is 13.0. The Morgan fingerprint density at radius 3 is 2.70 bits per heavy atom. The molecule has 108 valence electrons. The van der Waals surface area contributed by atoms with E-state index in [1.165, 1.54) is 12.1 Å². The zero-order valence-corrected chi connectivity index (χ0v) is 10.3. The highest BCUT2D eigenvalue weighted by Crippen LogP contribution is 2.41.